The third-order valence-corrected chi connectivity index (χ3v) is 4.50. The molecule has 0 aliphatic rings. The van der Waals surface area contributed by atoms with E-state index in [2.05, 4.69) is 22.7 Å². The van der Waals surface area contributed by atoms with Crippen LogP contribution in [-0.2, 0) is 13.0 Å². The van der Waals surface area contributed by atoms with Crippen LogP contribution in [0.15, 0.2) is 84.0 Å². The van der Waals surface area contributed by atoms with Crippen molar-refractivity contribution in [3.63, 3.8) is 0 Å². The summed E-state index contributed by atoms with van der Waals surface area (Å²) in [5, 5.41) is 4.67. The molecule has 0 atom stereocenters. The zero-order chi connectivity index (χ0) is 19.6. The van der Waals surface area contributed by atoms with Crippen LogP contribution >= 0.6 is 11.6 Å². The van der Waals surface area contributed by atoms with Crippen molar-refractivity contribution in [3.8, 4) is 5.75 Å². The molecular formula is C23H21ClN2O2. The smallest absolute Gasteiger partial charge is 0.271 e. The Morgan fingerprint density at radius 3 is 2.43 bits per heavy atom. The first-order valence-corrected chi connectivity index (χ1v) is 9.42. The van der Waals surface area contributed by atoms with Gasteiger partial charge in [0, 0.05) is 22.4 Å². The topological polar surface area (TPSA) is 50.7 Å². The Labute approximate surface area is 169 Å². The molecule has 0 aromatic heterocycles. The summed E-state index contributed by atoms with van der Waals surface area (Å²) in [4.78, 5) is 12.1. The lowest BCUT2D eigenvalue weighted by atomic mass is 10.1. The third-order valence-electron chi connectivity index (χ3n) is 4.13. The van der Waals surface area contributed by atoms with Gasteiger partial charge in [-0.25, -0.2) is 5.43 Å². The summed E-state index contributed by atoms with van der Waals surface area (Å²) < 4.78 is 5.72. The first-order valence-electron chi connectivity index (χ1n) is 9.04. The molecule has 0 unspecified atom stereocenters. The monoisotopic (exact) mass is 392 g/mol. The Balaban J connectivity index is 1.44. The Bertz CT molecular complexity index is 925. The van der Waals surface area contributed by atoms with Crippen molar-refractivity contribution in [2.24, 2.45) is 5.10 Å². The molecule has 0 aliphatic carbocycles. The number of amides is 1. The molecule has 0 bridgehead atoms. The van der Waals surface area contributed by atoms with Crippen LogP contribution in [0.1, 0.15) is 27.9 Å². The van der Waals surface area contributed by atoms with Gasteiger partial charge in [0.05, 0.1) is 0 Å². The number of hydrazone groups is 1. The molecule has 3 rings (SSSR count). The van der Waals surface area contributed by atoms with Crippen molar-refractivity contribution >= 4 is 23.7 Å². The summed E-state index contributed by atoms with van der Waals surface area (Å²) in [5.74, 6) is 0.413. The van der Waals surface area contributed by atoms with E-state index in [1.807, 2.05) is 42.5 Å². The number of rotatable bonds is 8. The minimum atomic E-state index is -0.256. The third kappa shape index (κ3) is 5.96. The maximum atomic E-state index is 12.1. The molecule has 4 nitrogen and oxygen atoms in total. The van der Waals surface area contributed by atoms with E-state index in [9.17, 15) is 4.79 Å². The van der Waals surface area contributed by atoms with Gasteiger partial charge >= 0.3 is 0 Å². The molecule has 28 heavy (non-hydrogen) atoms. The van der Waals surface area contributed by atoms with Gasteiger partial charge in [-0.15, -0.1) is 0 Å². The minimum absolute atomic E-state index is 0.256. The Morgan fingerprint density at radius 1 is 0.964 bits per heavy atom. The second-order valence-corrected chi connectivity index (χ2v) is 6.59. The zero-order valence-electron chi connectivity index (χ0n) is 15.3. The van der Waals surface area contributed by atoms with Crippen LogP contribution < -0.4 is 10.2 Å². The van der Waals surface area contributed by atoms with Crippen molar-refractivity contribution < 1.29 is 9.53 Å². The van der Waals surface area contributed by atoms with Crippen LogP contribution in [0.3, 0.4) is 0 Å². The lowest BCUT2D eigenvalue weighted by molar-refractivity contribution is 0.0955. The number of benzene rings is 3. The molecular weight excluding hydrogens is 372 g/mol. The van der Waals surface area contributed by atoms with E-state index < -0.39 is 0 Å². The van der Waals surface area contributed by atoms with Crippen molar-refractivity contribution in [3.05, 3.63) is 101 Å². The fraction of sp³-hybridized carbons (Fsp3) is 0.130. The number of nitrogens with zero attached hydrogens (tertiary/aromatic N) is 1. The number of carbonyl (C=O) groups is 1. The van der Waals surface area contributed by atoms with Crippen LogP contribution in [-0.4, -0.2) is 12.1 Å². The number of carbonyl (C=O) groups excluding carboxylic acids is 1. The van der Waals surface area contributed by atoms with Gasteiger partial charge in [-0.05, 0) is 48.7 Å². The van der Waals surface area contributed by atoms with Crippen molar-refractivity contribution in [2.45, 2.75) is 19.4 Å². The molecule has 1 N–H and O–H groups in total. The highest BCUT2D eigenvalue weighted by molar-refractivity contribution is 6.31. The van der Waals surface area contributed by atoms with Crippen LogP contribution in [0, 0.1) is 0 Å². The molecule has 3 aromatic rings. The van der Waals surface area contributed by atoms with E-state index in [1.165, 1.54) is 5.56 Å². The van der Waals surface area contributed by atoms with Crippen LogP contribution in [0.4, 0.5) is 0 Å². The van der Waals surface area contributed by atoms with Gasteiger partial charge in [-0.2, -0.15) is 5.10 Å². The molecule has 0 heterocycles. The molecule has 0 saturated carbocycles. The first-order chi connectivity index (χ1) is 13.7. The molecule has 1 amide bonds. The highest BCUT2D eigenvalue weighted by Gasteiger charge is 2.05. The van der Waals surface area contributed by atoms with Crippen molar-refractivity contribution in [1.82, 2.24) is 5.43 Å². The summed E-state index contributed by atoms with van der Waals surface area (Å²) >= 11 is 6.12. The standard InChI is InChI=1S/C23H21ClN2O2/c24-22-11-5-4-10-20(22)17-28-21-14-12-19(13-15-21)23(27)26-25-16-6-9-18-7-2-1-3-8-18/h1-5,7-8,10-16H,6,9,17H2,(H,26,27)/b25-16+. The molecule has 5 heteroatoms. The largest absolute Gasteiger partial charge is 0.489 e. The van der Waals surface area contributed by atoms with E-state index in [1.54, 1.807) is 30.5 Å². The van der Waals surface area contributed by atoms with E-state index >= 15 is 0 Å². The molecule has 0 fully saturated rings. The Morgan fingerprint density at radius 2 is 1.68 bits per heavy atom. The predicted molar refractivity (Wildman–Crippen MR) is 113 cm³/mol. The van der Waals surface area contributed by atoms with Gasteiger partial charge in [0.1, 0.15) is 12.4 Å². The first kappa shape index (κ1) is 19.6. The van der Waals surface area contributed by atoms with Gasteiger partial charge in [-0.1, -0.05) is 60.1 Å². The highest BCUT2D eigenvalue weighted by Crippen LogP contribution is 2.19. The average Bonchev–Trinajstić information content (AvgIpc) is 2.74. The van der Waals surface area contributed by atoms with E-state index in [-0.39, 0.29) is 5.91 Å². The van der Waals surface area contributed by atoms with E-state index in [0.717, 1.165) is 18.4 Å². The van der Waals surface area contributed by atoms with Gasteiger partial charge in [0.15, 0.2) is 0 Å². The fourth-order valence-electron chi connectivity index (χ4n) is 2.59. The average molecular weight is 393 g/mol. The van der Waals surface area contributed by atoms with Crippen LogP contribution in [0.2, 0.25) is 5.02 Å². The maximum Gasteiger partial charge on any atom is 0.271 e. The number of nitrogens with one attached hydrogen (secondary N) is 1. The van der Waals surface area contributed by atoms with Crippen molar-refractivity contribution in [2.75, 3.05) is 0 Å². The number of aryl methyl sites for hydroxylation is 1. The number of hydrogen-bond acceptors (Lipinski definition) is 3. The predicted octanol–water partition coefficient (Wildman–Crippen LogP) is 5.27. The summed E-state index contributed by atoms with van der Waals surface area (Å²) in [7, 11) is 0. The molecule has 0 radical (unpaired) electrons. The van der Waals surface area contributed by atoms with Gasteiger partial charge < -0.3 is 4.74 Å². The lowest BCUT2D eigenvalue weighted by Gasteiger charge is -2.08. The summed E-state index contributed by atoms with van der Waals surface area (Å²) in [5.41, 5.74) is 5.22. The minimum Gasteiger partial charge on any atom is -0.489 e. The number of ether oxygens (including phenoxy) is 1. The number of halogens is 1. The lowest BCUT2D eigenvalue weighted by Crippen LogP contribution is -2.17. The second kappa shape index (κ2) is 10.3. The van der Waals surface area contributed by atoms with Crippen LogP contribution in [0.5, 0.6) is 5.75 Å². The zero-order valence-corrected chi connectivity index (χ0v) is 16.1. The van der Waals surface area contributed by atoms with Crippen molar-refractivity contribution in [1.29, 1.82) is 0 Å². The van der Waals surface area contributed by atoms with Gasteiger partial charge in [0.2, 0.25) is 0 Å². The quantitative estimate of drug-likeness (QED) is 0.419. The van der Waals surface area contributed by atoms with Gasteiger partial charge in [-0.3, -0.25) is 4.79 Å². The fourth-order valence-corrected chi connectivity index (χ4v) is 2.78. The SMILES string of the molecule is O=C(N/N=C/CCc1ccccc1)c1ccc(OCc2ccccc2Cl)cc1. The summed E-state index contributed by atoms with van der Waals surface area (Å²) in [6.45, 7) is 0.372. The second-order valence-electron chi connectivity index (χ2n) is 6.18. The van der Waals surface area contributed by atoms with Crippen LogP contribution in [0.25, 0.3) is 0 Å². The maximum absolute atomic E-state index is 12.1. The Hall–Kier alpha value is -3.11. The normalized spacial score (nSPS) is 10.8. The molecule has 0 aliphatic heterocycles. The molecule has 0 saturated heterocycles. The molecule has 142 valence electrons. The van der Waals surface area contributed by atoms with Gasteiger partial charge in [0.25, 0.3) is 5.91 Å². The molecule has 0 spiro atoms. The molecule has 3 aromatic carbocycles. The summed E-state index contributed by atoms with van der Waals surface area (Å²) in [6.07, 6.45) is 3.36. The highest BCUT2D eigenvalue weighted by atomic mass is 35.5. The van der Waals surface area contributed by atoms with E-state index in [0.29, 0.717) is 22.9 Å². The summed E-state index contributed by atoms with van der Waals surface area (Å²) in [6, 6.07) is 24.6. The van der Waals surface area contributed by atoms with E-state index in [4.69, 9.17) is 16.3 Å². The number of hydrogen-bond donors (Lipinski definition) is 1. The Kier molecular flexibility index (Phi) is 7.21.